The fraction of sp³-hybridized carbons (Fsp3) is 0.562. The van der Waals surface area contributed by atoms with E-state index in [0.717, 1.165) is 24.8 Å². The summed E-state index contributed by atoms with van der Waals surface area (Å²) in [6.07, 6.45) is 0. The largest absolute Gasteiger partial charge is 0.492 e. The van der Waals surface area contributed by atoms with Crippen LogP contribution < -0.4 is 15.4 Å². The topological polar surface area (TPSA) is 48.9 Å². The molecule has 5 nitrogen and oxygen atoms in total. The van der Waals surface area contributed by atoms with Gasteiger partial charge in [-0.2, -0.15) is 0 Å². The van der Waals surface area contributed by atoms with E-state index in [1.165, 1.54) is 0 Å². The minimum atomic E-state index is 0.557. The Morgan fingerprint density at radius 3 is 2.48 bits per heavy atom. The molecule has 0 saturated heterocycles. The van der Waals surface area contributed by atoms with Crippen LogP contribution in [0.5, 0.6) is 5.75 Å². The van der Waals surface area contributed by atoms with Gasteiger partial charge in [0.1, 0.15) is 12.4 Å². The number of rotatable bonds is 8. The lowest BCUT2D eigenvalue weighted by atomic mass is 10.3. The van der Waals surface area contributed by atoms with Crippen molar-refractivity contribution in [2.75, 3.05) is 40.3 Å². The Morgan fingerprint density at radius 2 is 1.86 bits per heavy atom. The maximum Gasteiger partial charge on any atom is 0.191 e. The zero-order valence-corrected chi connectivity index (χ0v) is 13.6. The highest BCUT2D eigenvalue weighted by Gasteiger charge is 2.03. The zero-order valence-electron chi connectivity index (χ0n) is 13.6. The molecule has 2 N–H and O–H groups in total. The lowest BCUT2D eigenvalue weighted by Crippen LogP contribution is -2.43. The molecule has 1 aromatic carbocycles. The van der Waals surface area contributed by atoms with Crippen LogP contribution in [-0.2, 0) is 0 Å². The lowest BCUT2D eigenvalue weighted by molar-refractivity contribution is 0.278. The second kappa shape index (κ2) is 10.0. The first-order valence-corrected chi connectivity index (χ1v) is 7.46. The van der Waals surface area contributed by atoms with E-state index in [2.05, 4.69) is 41.4 Å². The Labute approximate surface area is 128 Å². The van der Waals surface area contributed by atoms with E-state index in [-0.39, 0.29) is 0 Å². The van der Waals surface area contributed by atoms with Crippen LogP contribution in [-0.4, -0.2) is 57.2 Å². The minimum absolute atomic E-state index is 0.557. The second-order valence-corrected chi connectivity index (χ2v) is 5.16. The molecule has 0 aliphatic rings. The predicted molar refractivity (Wildman–Crippen MR) is 89.1 cm³/mol. The summed E-state index contributed by atoms with van der Waals surface area (Å²) < 4.78 is 5.62. The van der Waals surface area contributed by atoms with E-state index in [1.807, 2.05) is 30.3 Å². The summed E-state index contributed by atoms with van der Waals surface area (Å²) in [5.41, 5.74) is 0. The fourth-order valence-corrected chi connectivity index (χ4v) is 1.68. The molecule has 1 aromatic rings. The van der Waals surface area contributed by atoms with Crippen molar-refractivity contribution in [1.29, 1.82) is 0 Å². The number of hydrogen-bond donors (Lipinski definition) is 2. The highest BCUT2D eigenvalue weighted by Crippen LogP contribution is 2.07. The summed E-state index contributed by atoms with van der Waals surface area (Å²) in [5, 5.41) is 6.53. The molecule has 0 radical (unpaired) electrons. The van der Waals surface area contributed by atoms with Crippen LogP contribution >= 0.6 is 0 Å². The Hall–Kier alpha value is -1.75. The third kappa shape index (κ3) is 7.56. The van der Waals surface area contributed by atoms with Gasteiger partial charge in [-0.25, -0.2) is 0 Å². The summed E-state index contributed by atoms with van der Waals surface area (Å²) in [5.74, 6) is 1.70. The van der Waals surface area contributed by atoms with Crippen molar-refractivity contribution in [2.24, 2.45) is 4.99 Å². The number of benzene rings is 1. The van der Waals surface area contributed by atoms with Gasteiger partial charge in [0, 0.05) is 26.2 Å². The summed E-state index contributed by atoms with van der Waals surface area (Å²) in [4.78, 5) is 6.49. The molecule has 0 spiro atoms. The molecule has 5 heteroatoms. The molecule has 0 amide bonds. The van der Waals surface area contributed by atoms with Gasteiger partial charge >= 0.3 is 0 Å². The molecule has 0 aliphatic carbocycles. The van der Waals surface area contributed by atoms with Crippen molar-refractivity contribution >= 4 is 5.96 Å². The van der Waals surface area contributed by atoms with Gasteiger partial charge in [0.15, 0.2) is 5.96 Å². The van der Waals surface area contributed by atoms with E-state index >= 15 is 0 Å². The first kappa shape index (κ1) is 17.3. The highest BCUT2D eigenvalue weighted by atomic mass is 16.5. The van der Waals surface area contributed by atoms with Gasteiger partial charge in [0.2, 0.25) is 0 Å². The number of guanidine groups is 1. The molecular weight excluding hydrogens is 264 g/mol. The van der Waals surface area contributed by atoms with Crippen LogP contribution in [0.3, 0.4) is 0 Å². The van der Waals surface area contributed by atoms with Crippen molar-refractivity contribution in [2.45, 2.75) is 19.9 Å². The van der Waals surface area contributed by atoms with Gasteiger partial charge in [0.25, 0.3) is 0 Å². The highest BCUT2D eigenvalue weighted by molar-refractivity contribution is 5.79. The van der Waals surface area contributed by atoms with E-state index in [0.29, 0.717) is 19.2 Å². The van der Waals surface area contributed by atoms with Crippen LogP contribution in [0.4, 0.5) is 0 Å². The van der Waals surface area contributed by atoms with E-state index in [9.17, 15) is 0 Å². The summed E-state index contributed by atoms with van der Waals surface area (Å²) >= 11 is 0. The molecule has 0 heterocycles. The average molecular weight is 292 g/mol. The van der Waals surface area contributed by atoms with Crippen molar-refractivity contribution in [3.63, 3.8) is 0 Å². The van der Waals surface area contributed by atoms with Crippen molar-refractivity contribution in [3.05, 3.63) is 30.3 Å². The number of likely N-dealkylation sites (N-methyl/N-ethyl adjacent to an activating group) is 1. The number of nitrogens with zero attached hydrogens (tertiary/aromatic N) is 2. The van der Waals surface area contributed by atoms with Gasteiger partial charge in [-0.05, 0) is 33.0 Å². The third-order valence-electron chi connectivity index (χ3n) is 3.27. The molecule has 0 unspecified atom stereocenters. The molecular formula is C16H28N4O. The maximum absolute atomic E-state index is 5.62. The van der Waals surface area contributed by atoms with Crippen LogP contribution in [0.15, 0.2) is 35.3 Å². The van der Waals surface area contributed by atoms with Crippen molar-refractivity contribution < 1.29 is 4.74 Å². The molecule has 0 fully saturated rings. The molecule has 0 saturated carbocycles. The molecule has 0 aromatic heterocycles. The molecule has 0 aliphatic heterocycles. The van der Waals surface area contributed by atoms with Crippen molar-refractivity contribution in [1.82, 2.24) is 15.5 Å². The number of aliphatic imine (C=N–C) groups is 1. The van der Waals surface area contributed by atoms with Crippen LogP contribution in [0.1, 0.15) is 13.8 Å². The molecule has 0 atom stereocenters. The van der Waals surface area contributed by atoms with E-state index in [1.54, 1.807) is 7.05 Å². The SMILES string of the molecule is CN=C(NCCOc1ccccc1)NCCN(C)C(C)C. The molecule has 1 rings (SSSR count). The van der Waals surface area contributed by atoms with Gasteiger partial charge in [-0.15, -0.1) is 0 Å². The maximum atomic E-state index is 5.62. The Kier molecular flexibility index (Phi) is 8.28. The third-order valence-corrected chi connectivity index (χ3v) is 3.27. The first-order valence-electron chi connectivity index (χ1n) is 7.46. The molecule has 118 valence electrons. The molecule has 21 heavy (non-hydrogen) atoms. The van der Waals surface area contributed by atoms with Crippen LogP contribution in [0.25, 0.3) is 0 Å². The number of nitrogens with one attached hydrogen (secondary N) is 2. The first-order chi connectivity index (χ1) is 10.1. The van der Waals surface area contributed by atoms with Crippen LogP contribution in [0, 0.1) is 0 Å². The number of ether oxygens (including phenoxy) is 1. The summed E-state index contributed by atoms with van der Waals surface area (Å²) in [7, 11) is 3.90. The van der Waals surface area contributed by atoms with Gasteiger partial charge in [-0.3, -0.25) is 4.99 Å². The smallest absolute Gasteiger partial charge is 0.191 e. The lowest BCUT2D eigenvalue weighted by Gasteiger charge is -2.21. The summed E-state index contributed by atoms with van der Waals surface area (Å²) in [6, 6.07) is 10.4. The standard InChI is InChI=1S/C16H28N4O/c1-14(2)20(4)12-10-18-16(17-3)19-11-13-21-15-8-6-5-7-9-15/h5-9,14H,10-13H2,1-4H3,(H2,17,18,19). The number of para-hydroxylation sites is 1. The monoisotopic (exact) mass is 292 g/mol. The van der Waals surface area contributed by atoms with Gasteiger partial charge in [0.05, 0.1) is 6.54 Å². The fourth-order valence-electron chi connectivity index (χ4n) is 1.68. The Balaban J connectivity index is 2.14. The average Bonchev–Trinajstić information content (AvgIpc) is 2.50. The van der Waals surface area contributed by atoms with E-state index in [4.69, 9.17) is 4.74 Å². The minimum Gasteiger partial charge on any atom is -0.492 e. The number of hydrogen-bond acceptors (Lipinski definition) is 3. The quantitative estimate of drug-likeness (QED) is 0.434. The predicted octanol–water partition coefficient (Wildman–Crippen LogP) is 1.57. The van der Waals surface area contributed by atoms with Gasteiger partial charge in [-0.1, -0.05) is 18.2 Å². The second-order valence-electron chi connectivity index (χ2n) is 5.16. The van der Waals surface area contributed by atoms with Crippen LogP contribution in [0.2, 0.25) is 0 Å². The summed E-state index contributed by atoms with van der Waals surface area (Å²) in [6.45, 7) is 7.56. The molecule has 0 bridgehead atoms. The zero-order chi connectivity index (χ0) is 15.5. The van der Waals surface area contributed by atoms with E-state index < -0.39 is 0 Å². The Bertz CT molecular complexity index is 406. The normalized spacial score (nSPS) is 11.8. The Morgan fingerprint density at radius 1 is 1.19 bits per heavy atom. The van der Waals surface area contributed by atoms with Crippen molar-refractivity contribution in [3.8, 4) is 5.75 Å². The van der Waals surface area contributed by atoms with Gasteiger partial charge < -0.3 is 20.3 Å².